The number of nitrogens with one attached hydrogen (secondary N) is 1. The molecule has 19 heavy (non-hydrogen) atoms. The Hall–Kier alpha value is -1.30. The van der Waals surface area contributed by atoms with Gasteiger partial charge in [-0.1, -0.05) is 52.3 Å². The summed E-state index contributed by atoms with van der Waals surface area (Å²) in [6.07, 6.45) is 0. The first-order valence-electron chi connectivity index (χ1n) is 5.68. The Balaban J connectivity index is 2.27. The SMILES string of the molecule is NNC(=O)C(Sc1cccc(Br)c1)c1ccccc1. The molecule has 0 aliphatic carbocycles. The van der Waals surface area contributed by atoms with Crippen molar-refractivity contribution >= 4 is 33.6 Å². The number of amides is 1. The fraction of sp³-hybridized carbons (Fsp3) is 0.0714. The molecule has 0 aliphatic heterocycles. The van der Waals surface area contributed by atoms with E-state index >= 15 is 0 Å². The van der Waals surface area contributed by atoms with E-state index in [1.165, 1.54) is 11.8 Å². The van der Waals surface area contributed by atoms with Crippen molar-refractivity contribution in [1.29, 1.82) is 0 Å². The molecule has 0 aliphatic rings. The van der Waals surface area contributed by atoms with E-state index in [1.54, 1.807) is 0 Å². The quantitative estimate of drug-likeness (QED) is 0.390. The van der Waals surface area contributed by atoms with Crippen LogP contribution in [0.4, 0.5) is 0 Å². The summed E-state index contributed by atoms with van der Waals surface area (Å²) in [5.41, 5.74) is 3.15. The van der Waals surface area contributed by atoms with Crippen LogP contribution in [0.5, 0.6) is 0 Å². The second kappa shape index (κ2) is 6.75. The number of rotatable bonds is 4. The average molecular weight is 337 g/mol. The second-order valence-corrected chi connectivity index (χ2v) is 5.97. The van der Waals surface area contributed by atoms with Crippen molar-refractivity contribution in [2.45, 2.75) is 10.1 Å². The zero-order chi connectivity index (χ0) is 13.7. The number of carbonyl (C=O) groups excluding carboxylic acids is 1. The lowest BCUT2D eigenvalue weighted by molar-refractivity contribution is -0.120. The Morgan fingerprint density at radius 1 is 1.16 bits per heavy atom. The summed E-state index contributed by atoms with van der Waals surface area (Å²) >= 11 is 4.89. The van der Waals surface area contributed by atoms with Crippen molar-refractivity contribution in [1.82, 2.24) is 5.43 Å². The number of nitrogens with two attached hydrogens (primary N) is 1. The first kappa shape index (κ1) is 14.1. The van der Waals surface area contributed by atoms with Crippen molar-refractivity contribution in [2.24, 2.45) is 5.84 Å². The fourth-order valence-electron chi connectivity index (χ4n) is 1.65. The minimum absolute atomic E-state index is 0.212. The van der Waals surface area contributed by atoms with Crippen LogP contribution < -0.4 is 11.3 Å². The van der Waals surface area contributed by atoms with Gasteiger partial charge in [0.05, 0.1) is 0 Å². The number of hydrazine groups is 1. The summed E-state index contributed by atoms with van der Waals surface area (Å²) in [6, 6.07) is 17.4. The maximum absolute atomic E-state index is 11.9. The van der Waals surface area contributed by atoms with E-state index in [1.807, 2.05) is 54.6 Å². The number of carbonyl (C=O) groups is 1. The van der Waals surface area contributed by atoms with Crippen LogP contribution in [0.3, 0.4) is 0 Å². The molecular formula is C14H13BrN2OS. The molecule has 0 saturated heterocycles. The Morgan fingerprint density at radius 3 is 2.53 bits per heavy atom. The molecule has 2 aromatic rings. The number of benzene rings is 2. The van der Waals surface area contributed by atoms with E-state index in [9.17, 15) is 4.79 Å². The van der Waals surface area contributed by atoms with Gasteiger partial charge in [-0.05, 0) is 23.8 Å². The highest BCUT2D eigenvalue weighted by Gasteiger charge is 2.20. The molecule has 0 bridgehead atoms. The van der Waals surface area contributed by atoms with Gasteiger partial charge < -0.3 is 0 Å². The van der Waals surface area contributed by atoms with Crippen molar-refractivity contribution < 1.29 is 4.79 Å². The van der Waals surface area contributed by atoms with E-state index in [4.69, 9.17) is 5.84 Å². The van der Waals surface area contributed by atoms with Gasteiger partial charge in [-0.25, -0.2) is 5.84 Å². The van der Waals surface area contributed by atoms with Crippen molar-refractivity contribution in [3.8, 4) is 0 Å². The van der Waals surface area contributed by atoms with Gasteiger partial charge in [0.15, 0.2) is 0 Å². The molecule has 5 heteroatoms. The topological polar surface area (TPSA) is 55.1 Å². The molecule has 98 valence electrons. The molecule has 3 N–H and O–H groups in total. The maximum Gasteiger partial charge on any atom is 0.251 e. The van der Waals surface area contributed by atoms with Gasteiger partial charge in [0.2, 0.25) is 0 Å². The molecule has 2 rings (SSSR count). The maximum atomic E-state index is 11.9. The molecule has 0 spiro atoms. The van der Waals surface area contributed by atoms with Gasteiger partial charge >= 0.3 is 0 Å². The third kappa shape index (κ3) is 3.83. The third-order valence-electron chi connectivity index (χ3n) is 2.53. The van der Waals surface area contributed by atoms with Crippen LogP contribution in [0.2, 0.25) is 0 Å². The van der Waals surface area contributed by atoms with Gasteiger partial charge in [-0.3, -0.25) is 10.2 Å². The number of hydrogen-bond acceptors (Lipinski definition) is 3. The molecule has 0 fully saturated rings. The van der Waals surface area contributed by atoms with E-state index in [2.05, 4.69) is 21.4 Å². The lowest BCUT2D eigenvalue weighted by atomic mass is 10.1. The lowest BCUT2D eigenvalue weighted by Crippen LogP contribution is -2.33. The Bertz CT molecular complexity index is 562. The van der Waals surface area contributed by atoms with Crippen molar-refractivity contribution in [2.75, 3.05) is 0 Å². The standard InChI is InChI=1S/C14H13BrN2OS/c15-11-7-4-8-12(9-11)19-13(14(18)17-16)10-5-2-1-3-6-10/h1-9,13H,16H2,(H,17,18). The minimum atomic E-state index is -0.361. The molecular weight excluding hydrogens is 324 g/mol. The van der Waals surface area contributed by atoms with Crippen LogP contribution in [-0.2, 0) is 4.79 Å². The van der Waals surface area contributed by atoms with Gasteiger partial charge in [-0.15, -0.1) is 11.8 Å². The molecule has 1 amide bonds. The number of halogens is 1. The molecule has 0 heterocycles. The summed E-state index contributed by atoms with van der Waals surface area (Å²) in [6.45, 7) is 0. The lowest BCUT2D eigenvalue weighted by Gasteiger charge is -2.15. The van der Waals surface area contributed by atoms with E-state index < -0.39 is 0 Å². The summed E-state index contributed by atoms with van der Waals surface area (Å²) in [7, 11) is 0. The van der Waals surface area contributed by atoms with Crippen molar-refractivity contribution in [3.05, 3.63) is 64.6 Å². The third-order valence-corrected chi connectivity index (χ3v) is 4.27. The highest BCUT2D eigenvalue weighted by atomic mass is 79.9. The van der Waals surface area contributed by atoms with Crippen LogP contribution in [-0.4, -0.2) is 5.91 Å². The summed E-state index contributed by atoms with van der Waals surface area (Å²) in [5, 5.41) is -0.361. The first-order chi connectivity index (χ1) is 9.20. The van der Waals surface area contributed by atoms with E-state index in [-0.39, 0.29) is 11.2 Å². The molecule has 0 aromatic heterocycles. The van der Waals surface area contributed by atoms with Crippen LogP contribution in [0.1, 0.15) is 10.8 Å². The molecule has 3 nitrogen and oxygen atoms in total. The van der Waals surface area contributed by atoms with E-state index in [0.717, 1.165) is 14.9 Å². The first-order valence-corrected chi connectivity index (χ1v) is 7.35. The van der Waals surface area contributed by atoms with E-state index in [0.29, 0.717) is 0 Å². The predicted octanol–water partition coefficient (Wildman–Crippen LogP) is 3.27. The monoisotopic (exact) mass is 336 g/mol. The molecule has 0 saturated carbocycles. The molecule has 2 aromatic carbocycles. The molecule has 0 radical (unpaired) electrons. The minimum Gasteiger partial charge on any atom is -0.293 e. The highest BCUT2D eigenvalue weighted by molar-refractivity contribution is 9.10. The smallest absolute Gasteiger partial charge is 0.251 e. The summed E-state index contributed by atoms with van der Waals surface area (Å²) in [5.74, 6) is 5.06. The number of thioether (sulfide) groups is 1. The van der Waals surface area contributed by atoms with Gasteiger partial charge in [0, 0.05) is 9.37 Å². The molecule has 1 unspecified atom stereocenters. The average Bonchev–Trinajstić information content (AvgIpc) is 2.45. The fourth-order valence-corrected chi connectivity index (χ4v) is 3.30. The highest BCUT2D eigenvalue weighted by Crippen LogP contribution is 2.36. The Labute approximate surface area is 124 Å². The van der Waals surface area contributed by atoms with Gasteiger partial charge in [0.1, 0.15) is 5.25 Å². The normalized spacial score (nSPS) is 11.9. The summed E-state index contributed by atoms with van der Waals surface area (Å²) in [4.78, 5) is 12.9. The second-order valence-electron chi connectivity index (χ2n) is 3.87. The number of hydrogen-bond donors (Lipinski definition) is 2. The van der Waals surface area contributed by atoms with Crippen LogP contribution in [0.15, 0.2) is 64.0 Å². The van der Waals surface area contributed by atoms with Gasteiger partial charge in [0.25, 0.3) is 5.91 Å². The molecule has 1 atom stereocenters. The predicted molar refractivity (Wildman–Crippen MR) is 81.5 cm³/mol. The Kier molecular flexibility index (Phi) is 5.01. The summed E-state index contributed by atoms with van der Waals surface area (Å²) < 4.78 is 0.984. The zero-order valence-electron chi connectivity index (χ0n) is 10.0. The van der Waals surface area contributed by atoms with Crippen LogP contribution in [0.25, 0.3) is 0 Å². The van der Waals surface area contributed by atoms with Crippen LogP contribution >= 0.6 is 27.7 Å². The van der Waals surface area contributed by atoms with Crippen molar-refractivity contribution in [3.63, 3.8) is 0 Å². The largest absolute Gasteiger partial charge is 0.293 e. The zero-order valence-corrected chi connectivity index (χ0v) is 12.4. The van der Waals surface area contributed by atoms with Crippen LogP contribution in [0, 0.1) is 0 Å². The Morgan fingerprint density at radius 2 is 1.89 bits per heavy atom. The van der Waals surface area contributed by atoms with Gasteiger partial charge in [-0.2, -0.15) is 0 Å².